The van der Waals surface area contributed by atoms with Crippen LogP contribution < -0.4 is 14.8 Å². The van der Waals surface area contributed by atoms with E-state index in [0.29, 0.717) is 12.0 Å². The largest absolute Gasteiger partial charge is 0.506 e. The predicted octanol–water partition coefficient (Wildman–Crippen LogP) is 5.72. The summed E-state index contributed by atoms with van der Waals surface area (Å²) in [6.45, 7) is 0.773. The summed E-state index contributed by atoms with van der Waals surface area (Å²) in [6.07, 6.45) is 1.45. The molecular weight excluding hydrogens is 608 g/mol. The molecule has 1 aliphatic rings. The quantitative estimate of drug-likeness (QED) is 0.290. The van der Waals surface area contributed by atoms with E-state index in [1.54, 1.807) is 43.5 Å². The van der Waals surface area contributed by atoms with Gasteiger partial charge in [-0.2, -0.15) is 0 Å². The van der Waals surface area contributed by atoms with Crippen LogP contribution in [0, 0.1) is 0 Å². The smallest absolute Gasteiger partial charge is 0.237 e. The van der Waals surface area contributed by atoms with Crippen molar-refractivity contribution in [3.05, 3.63) is 85.8 Å². The number of anilines is 1. The number of ether oxygens (including phenoxy) is 1. The van der Waals surface area contributed by atoms with Crippen molar-refractivity contribution in [2.75, 3.05) is 18.4 Å². The molecule has 0 amide bonds. The second kappa shape index (κ2) is 11.3. The maximum atomic E-state index is 12.7. The normalized spacial score (nSPS) is 15.2. The number of phenolic OH excluding ortho intramolecular Hbond substituents is 1. The lowest BCUT2D eigenvalue weighted by Gasteiger charge is -2.28. The Morgan fingerprint density at radius 2 is 1.76 bits per heavy atom. The lowest BCUT2D eigenvalue weighted by atomic mass is 9.89. The van der Waals surface area contributed by atoms with Crippen molar-refractivity contribution < 1.29 is 18.3 Å². The fourth-order valence-corrected chi connectivity index (χ4v) is 6.91. The Morgan fingerprint density at radius 1 is 1.09 bits per heavy atom. The van der Waals surface area contributed by atoms with Crippen LogP contribution >= 0.6 is 44.3 Å². The number of fused-ring (bicyclic) bond motifs is 1. The number of rotatable bonds is 7. The molecule has 0 radical (unpaired) electrons. The molecule has 0 spiro atoms. The molecule has 4 rings (SSSR count). The Bertz CT molecular complexity index is 1250. The molecule has 182 valence electrons. The molecule has 0 saturated carbocycles. The van der Waals surface area contributed by atoms with Gasteiger partial charge in [0, 0.05) is 6.04 Å². The van der Waals surface area contributed by atoms with Crippen molar-refractivity contribution in [3.8, 4) is 11.5 Å². The Balaban J connectivity index is 0.00000324. The van der Waals surface area contributed by atoms with Crippen molar-refractivity contribution in [1.29, 1.82) is 0 Å². The van der Waals surface area contributed by atoms with Gasteiger partial charge in [-0.1, -0.05) is 30.3 Å². The molecule has 0 fully saturated rings. The summed E-state index contributed by atoms with van der Waals surface area (Å²) in [6, 6.07) is 16.4. The van der Waals surface area contributed by atoms with E-state index < -0.39 is 10.0 Å². The number of benzene rings is 3. The zero-order chi connectivity index (χ0) is 23.6. The highest BCUT2D eigenvalue weighted by atomic mass is 79.9. The van der Waals surface area contributed by atoms with Crippen molar-refractivity contribution in [2.24, 2.45) is 0 Å². The third-order valence-corrected chi connectivity index (χ3v) is 8.01. The number of sulfonamides is 1. The summed E-state index contributed by atoms with van der Waals surface area (Å²) in [4.78, 5) is 0. The van der Waals surface area contributed by atoms with Gasteiger partial charge in [0.2, 0.25) is 10.0 Å². The van der Waals surface area contributed by atoms with E-state index in [2.05, 4.69) is 41.9 Å². The molecule has 10 heteroatoms. The average molecular weight is 633 g/mol. The second-order valence-electron chi connectivity index (χ2n) is 7.97. The zero-order valence-corrected chi connectivity index (χ0v) is 23.2. The second-order valence-corrected chi connectivity index (χ2v) is 11.4. The highest BCUT2D eigenvalue weighted by molar-refractivity contribution is 9.11. The Kier molecular flexibility index (Phi) is 8.92. The summed E-state index contributed by atoms with van der Waals surface area (Å²) in [5.74, 6) is 0.497. The van der Waals surface area contributed by atoms with Crippen molar-refractivity contribution in [2.45, 2.75) is 24.6 Å². The Morgan fingerprint density at radius 3 is 2.41 bits per heavy atom. The SMILES string of the molecule is COc1c(Br)cc(CC2NCCc3cc(O)c(NS(=O)(=O)Cc4ccccc4)cc32)cc1Br.Cl. The van der Waals surface area contributed by atoms with Gasteiger partial charge in [0.1, 0.15) is 11.5 Å². The van der Waals surface area contributed by atoms with Gasteiger partial charge in [-0.05, 0) is 97.8 Å². The van der Waals surface area contributed by atoms with E-state index in [1.165, 1.54) is 0 Å². The number of phenols is 1. The van der Waals surface area contributed by atoms with Gasteiger partial charge in [-0.25, -0.2) is 8.42 Å². The average Bonchev–Trinajstić information content (AvgIpc) is 2.75. The summed E-state index contributed by atoms with van der Waals surface area (Å²) < 4.78 is 35.1. The number of methoxy groups -OCH3 is 1. The monoisotopic (exact) mass is 630 g/mol. The molecule has 0 aliphatic carbocycles. The molecule has 0 saturated heterocycles. The molecule has 0 bridgehead atoms. The Labute approximate surface area is 222 Å². The van der Waals surface area contributed by atoms with Crippen LogP contribution in [-0.2, 0) is 28.6 Å². The van der Waals surface area contributed by atoms with Crippen LogP contribution in [0.2, 0.25) is 0 Å². The van der Waals surface area contributed by atoms with Gasteiger partial charge < -0.3 is 15.2 Å². The molecule has 0 aromatic heterocycles. The van der Waals surface area contributed by atoms with Crippen LogP contribution in [0.3, 0.4) is 0 Å². The first kappa shape index (κ1) is 26.8. The number of aromatic hydroxyl groups is 1. The molecule has 3 N–H and O–H groups in total. The van der Waals surface area contributed by atoms with E-state index in [0.717, 1.165) is 44.4 Å². The lowest BCUT2D eigenvalue weighted by Crippen LogP contribution is -2.31. The predicted molar refractivity (Wildman–Crippen MR) is 145 cm³/mol. The first-order chi connectivity index (χ1) is 15.8. The van der Waals surface area contributed by atoms with Gasteiger partial charge in [-0.15, -0.1) is 12.4 Å². The molecule has 1 aliphatic heterocycles. The van der Waals surface area contributed by atoms with E-state index in [-0.39, 0.29) is 35.6 Å². The van der Waals surface area contributed by atoms with E-state index >= 15 is 0 Å². The van der Waals surface area contributed by atoms with Crippen LogP contribution in [0.25, 0.3) is 0 Å². The first-order valence-electron chi connectivity index (χ1n) is 10.4. The van der Waals surface area contributed by atoms with Gasteiger partial charge in [0.15, 0.2) is 0 Å². The third-order valence-electron chi connectivity index (χ3n) is 5.59. The number of hydrogen-bond acceptors (Lipinski definition) is 5. The van der Waals surface area contributed by atoms with Crippen LogP contribution in [-0.4, -0.2) is 27.2 Å². The highest BCUT2D eigenvalue weighted by Crippen LogP contribution is 2.38. The van der Waals surface area contributed by atoms with Gasteiger partial charge >= 0.3 is 0 Å². The minimum atomic E-state index is -3.69. The van der Waals surface area contributed by atoms with Crippen molar-refractivity contribution in [3.63, 3.8) is 0 Å². The lowest BCUT2D eigenvalue weighted by molar-refractivity contribution is 0.409. The van der Waals surface area contributed by atoms with Gasteiger partial charge in [0.05, 0.1) is 27.5 Å². The fraction of sp³-hybridized carbons (Fsp3) is 0.250. The van der Waals surface area contributed by atoms with E-state index in [9.17, 15) is 13.5 Å². The summed E-state index contributed by atoms with van der Waals surface area (Å²) in [5, 5.41) is 14.0. The minimum absolute atomic E-state index is 0. The van der Waals surface area contributed by atoms with Gasteiger partial charge in [-0.3, -0.25) is 4.72 Å². The first-order valence-corrected chi connectivity index (χ1v) is 13.6. The summed E-state index contributed by atoms with van der Waals surface area (Å²) >= 11 is 7.10. The zero-order valence-electron chi connectivity index (χ0n) is 18.3. The number of halogens is 3. The molecule has 3 aromatic rings. The van der Waals surface area contributed by atoms with Crippen molar-refractivity contribution >= 4 is 60.0 Å². The fourth-order valence-electron chi connectivity index (χ4n) is 4.10. The maximum absolute atomic E-state index is 12.7. The van der Waals surface area contributed by atoms with E-state index in [1.807, 2.05) is 18.2 Å². The molecule has 1 atom stereocenters. The van der Waals surface area contributed by atoms with Crippen LogP contribution in [0.5, 0.6) is 11.5 Å². The molecule has 34 heavy (non-hydrogen) atoms. The van der Waals surface area contributed by atoms with Crippen LogP contribution in [0.15, 0.2) is 63.5 Å². The molecule has 1 heterocycles. The van der Waals surface area contributed by atoms with Crippen molar-refractivity contribution in [1.82, 2.24) is 5.32 Å². The number of nitrogens with one attached hydrogen (secondary N) is 2. The third kappa shape index (κ3) is 6.26. The summed E-state index contributed by atoms with van der Waals surface area (Å²) in [7, 11) is -2.07. The molecule has 6 nitrogen and oxygen atoms in total. The maximum Gasteiger partial charge on any atom is 0.237 e. The summed E-state index contributed by atoms with van der Waals surface area (Å²) in [5.41, 5.74) is 3.93. The topological polar surface area (TPSA) is 87.7 Å². The van der Waals surface area contributed by atoms with E-state index in [4.69, 9.17) is 4.74 Å². The van der Waals surface area contributed by atoms with Crippen LogP contribution in [0.1, 0.15) is 28.3 Å². The van der Waals surface area contributed by atoms with Gasteiger partial charge in [0.25, 0.3) is 0 Å². The molecule has 1 unspecified atom stereocenters. The minimum Gasteiger partial charge on any atom is -0.506 e. The number of hydrogen-bond donors (Lipinski definition) is 3. The molecule has 3 aromatic carbocycles. The standard InChI is InChI=1S/C24H24Br2N2O4S.ClH/c1-32-24-19(25)9-16(10-20(24)26)11-21-18-13-22(23(29)12-17(18)7-8-27-21)28-33(30,31)14-15-5-3-2-4-6-15;/h2-6,9-10,12-13,21,27-29H,7-8,11,14H2,1H3;1H. The Hall–Kier alpha value is -1.78. The highest BCUT2D eigenvalue weighted by Gasteiger charge is 2.24. The molecular formula is C24H25Br2ClN2O4S. The van der Waals surface area contributed by atoms with Crippen LogP contribution in [0.4, 0.5) is 5.69 Å².